The molecule has 1 aromatic rings. The van der Waals surface area contributed by atoms with Gasteiger partial charge in [-0.3, -0.25) is 9.69 Å². The van der Waals surface area contributed by atoms with Crippen molar-refractivity contribution in [2.45, 2.75) is 12.3 Å². The molecule has 98 valence electrons. The maximum atomic E-state index is 12.0. The first-order chi connectivity index (χ1) is 9.13. The van der Waals surface area contributed by atoms with E-state index < -0.39 is 5.97 Å². The van der Waals surface area contributed by atoms with Crippen molar-refractivity contribution in [1.82, 2.24) is 5.32 Å². The van der Waals surface area contributed by atoms with Crippen molar-refractivity contribution in [2.75, 3.05) is 18.0 Å². The molecule has 0 spiro atoms. The van der Waals surface area contributed by atoms with Crippen LogP contribution in [0.4, 0.5) is 10.5 Å². The number of nitrogens with one attached hydrogen (secondary N) is 1. The topological polar surface area (TPSA) is 69.6 Å². The highest BCUT2D eigenvalue weighted by Gasteiger charge is 2.33. The molecule has 2 amide bonds. The molecule has 1 atom stereocenters. The molecule has 2 rings (SSSR count). The molecule has 1 aliphatic rings. The number of amides is 2. The second kappa shape index (κ2) is 5.44. The number of carboxylic acid groups (broad SMARTS) is 1. The van der Waals surface area contributed by atoms with E-state index in [-0.39, 0.29) is 24.9 Å². The lowest BCUT2D eigenvalue weighted by atomic mass is 9.98. The van der Waals surface area contributed by atoms with Crippen LogP contribution < -0.4 is 10.2 Å². The Hall–Kier alpha value is -2.48. The zero-order valence-corrected chi connectivity index (χ0v) is 10.3. The van der Waals surface area contributed by atoms with E-state index in [1.54, 1.807) is 4.90 Å². The molecule has 0 aliphatic carbocycles. The zero-order chi connectivity index (χ0) is 13.8. The van der Waals surface area contributed by atoms with Crippen LogP contribution in [-0.4, -0.2) is 30.2 Å². The van der Waals surface area contributed by atoms with Crippen LogP contribution in [0, 0.1) is 12.3 Å². The number of nitrogens with zero attached hydrogens (tertiary/aromatic N) is 1. The van der Waals surface area contributed by atoms with Gasteiger partial charge in [0.1, 0.15) is 0 Å². The zero-order valence-electron chi connectivity index (χ0n) is 10.3. The number of anilines is 1. The third kappa shape index (κ3) is 2.68. The fourth-order valence-electron chi connectivity index (χ4n) is 2.30. The minimum absolute atomic E-state index is 0.00985. The molecule has 1 unspecified atom stereocenters. The minimum atomic E-state index is -0.870. The predicted octanol–water partition coefficient (Wildman–Crippen LogP) is 1.41. The molecule has 0 saturated heterocycles. The van der Waals surface area contributed by atoms with Crippen LogP contribution in [0.15, 0.2) is 24.3 Å². The molecule has 1 aromatic carbocycles. The van der Waals surface area contributed by atoms with E-state index in [9.17, 15) is 9.59 Å². The molecule has 0 saturated carbocycles. The molecule has 2 N–H and O–H groups in total. The molecule has 19 heavy (non-hydrogen) atoms. The lowest BCUT2D eigenvalue weighted by molar-refractivity contribution is -0.137. The van der Waals surface area contributed by atoms with E-state index in [1.165, 1.54) is 0 Å². The summed E-state index contributed by atoms with van der Waals surface area (Å²) >= 11 is 0. The first kappa shape index (κ1) is 13.0. The quantitative estimate of drug-likeness (QED) is 0.805. The Labute approximate surface area is 111 Å². The average molecular weight is 258 g/mol. The number of benzene rings is 1. The summed E-state index contributed by atoms with van der Waals surface area (Å²) in [6.45, 7) is 0.517. The Balaban J connectivity index is 2.22. The van der Waals surface area contributed by atoms with Gasteiger partial charge in [-0.2, -0.15) is 0 Å². The summed E-state index contributed by atoms with van der Waals surface area (Å²) in [4.78, 5) is 24.4. The van der Waals surface area contributed by atoms with Gasteiger partial charge in [-0.05, 0) is 11.6 Å². The number of carbonyl (C=O) groups is 2. The van der Waals surface area contributed by atoms with Gasteiger partial charge >= 0.3 is 12.0 Å². The van der Waals surface area contributed by atoms with Crippen LogP contribution in [0.25, 0.3) is 0 Å². The molecule has 5 heteroatoms. The number of hydrogen-bond donors (Lipinski definition) is 2. The van der Waals surface area contributed by atoms with Crippen molar-refractivity contribution in [3.05, 3.63) is 29.8 Å². The molecule has 0 bridgehead atoms. The Morgan fingerprint density at radius 2 is 2.21 bits per heavy atom. The standard InChI is InChI=1S/C14H14N2O3/c1-2-7-15-14(19)16-9-10(8-13(17)18)11-5-3-4-6-12(11)16/h1,3-6,10H,7-9H2,(H,15,19)(H,17,18). The number of rotatable bonds is 3. The van der Waals surface area contributed by atoms with E-state index in [0.717, 1.165) is 11.3 Å². The van der Waals surface area contributed by atoms with Crippen molar-refractivity contribution < 1.29 is 14.7 Å². The molecule has 0 radical (unpaired) electrons. The van der Waals surface area contributed by atoms with Crippen LogP contribution in [0.3, 0.4) is 0 Å². The monoisotopic (exact) mass is 258 g/mol. The second-order valence-electron chi connectivity index (χ2n) is 4.33. The smallest absolute Gasteiger partial charge is 0.322 e. The van der Waals surface area contributed by atoms with E-state index in [1.807, 2.05) is 24.3 Å². The normalized spacial score (nSPS) is 16.6. The van der Waals surface area contributed by atoms with Crippen molar-refractivity contribution in [3.8, 4) is 12.3 Å². The van der Waals surface area contributed by atoms with Gasteiger partial charge in [0, 0.05) is 18.2 Å². The number of fused-ring (bicyclic) bond motifs is 1. The van der Waals surface area contributed by atoms with Crippen molar-refractivity contribution in [1.29, 1.82) is 0 Å². The van der Waals surface area contributed by atoms with Gasteiger partial charge in [0.25, 0.3) is 0 Å². The molecular weight excluding hydrogens is 244 g/mol. The number of urea groups is 1. The fourth-order valence-corrected chi connectivity index (χ4v) is 2.30. The molecular formula is C14H14N2O3. The van der Waals surface area contributed by atoms with Crippen LogP contribution in [0.2, 0.25) is 0 Å². The van der Waals surface area contributed by atoms with Crippen LogP contribution in [0.1, 0.15) is 17.9 Å². The number of terminal acetylenes is 1. The van der Waals surface area contributed by atoms with E-state index in [0.29, 0.717) is 6.54 Å². The first-order valence-electron chi connectivity index (χ1n) is 5.93. The average Bonchev–Trinajstić information content (AvgIpc) is 2.75. The number of carboxylic acids is 1. The highest BCUT2D eigenvalue weighted by Crippen LogP contribution is 2.37. The van der Waals surface area contributed by atoms with Gasteiger partial charge in [0.2, 0.25) is 0 Å². The summed E-state index contributed by atoms with van der Waals surface area (Å²) in [5.41, 5.74) is 1.64. The summed E-state index contributed by atoms with van der Waals surface area (Å²) in [6.07, 6.45) is 5.11. The largest absolute Gasteiger partial charge is 0.481 e. The van der Waals surface area contributed by atoms with Gasteiger partial charge in [-0.1, -0.05) is 24.1 Å². The third-order valence-corrected chi connectivity index (χ3v) is 3.08. The summed E-state index contributed by atoms with van der Waals surface area (Å²) in [6, 6.07) is 7.04. The van der Waals surface area contributed by atoms with E-state index in [4.69, 9.17) is 11.5 Å². The number of hydrogen-bond acceptors (Lipinski definition) is 2. The van der Waals surface area contributed by atoms with Crippen molar-refractivity contribution in [3.63, 3.8) is 0 Å². The fraction of sp³-hybridized carbons (Fsp3) is 0.286. The Morgan fingerprint density at radius 1 is 1.47 bits per heavy atom. The van der Waals surface area contributed by atoms with Crippen LogP contribution in [0.5, 0.6) is 0 Å². The highest BCUT2D eigenvalue weighted by atomic mass is 16.4. The lowest BCUT2D eigenvalue weighted by Crippen LogP contribution is -2.39. The van der Waals surface area contributed by atoms with Crippen LogP contribution in [-0.2, 0) is 4.79 Å². The van der Waals surface area contributed by atoms with Crippen molar-refractivity contribution >= 4 is 17.7 Å². The van der Waals surface area contributed by atoms with Gasteiger partial charge in [-0.15, -0.1) is 6.42 Å². The van der Waals surface area contributed by atoms with Gasteiger partial charge < -0.3 is 10.4 Å². The summed E-state index contributed by atoms with van der Waals surface area (Å²) < 4.78 is 0. The highest BCUT2D eigenvalue weighted by molar-refractivity contribution is 5.95. The number of aliphatic carboxylic acids is 1. The van der Waals surface area contributed by atoms with Crippen molar-refractivity contribution in [2.24, 2.45) is 0 Å². The SMILES string of the molecule is C#CCNC(=O)N1CC(CC(=O)O)c2ccccc21. The Bertz CT molecular complexity index is 548. The number of carbonyl (C=O) groups excluding carboxylic acids is 1. The van der Waals surface area contributed by atoms with E-state index in [2.05, 4.69) is 11.2 Å². The Morgan fingerprint density at radius 3 is 2.89 bits per heavy atom. The molecule has 0 aromatic heterocycles. The van der Waals surface area contributed by atoms with E-state index >= 15 is 0 Å². The second-order valence-corrected chi connectivity index (χ2v) is 4.33. The molecule has 0 fully saturated rings. The maximum Gasteiger partial charge on any atom is 0.322 e. The summed E-state index contributed by atoms with van der Waals surface area (Å²) in [7, 11) is 0. The molecule has 5 nitrogen and oxygen atoms in total. The predicted molar refractivity (Wildman–Crippen MR) is 71.0 cm³/mol. The summed E-state index contributed by atoms with van der Waals surface area (Å²) in [5.74, 6) is 1.29. The minimum Gasteiger partial charge on any atom is -0.481 e. The molecule has 1 heterocycles. The van der Waals surface area contributed by atoms with Gasteiger partial charge in [0.15, 0.2) is 0 Å². The summed E-state index contributed by atoms with van der Waals surface area (Å²) in [5, 5.41) is 11.5. The molecule has 1 aliphatic heterocycles. The maximum absolute atomic E-state index is 12.0. The first-order valence-corrected chi connectivity index (χ1v) is 5.93. The Kier molecular flexibility index (Phi) is 3.71. The van der Waals surface area contributed by atoms with Gasteiger partial charge in [-0.25, -0.2) is 4.79 Å². The lowest BCUT2D eigenvalue weighted by Gasteiger charge is -2.17. The van der Waals surface area contributed by atoms with Gasteiger partial charge in [0.05, 0.1) is 13.0 Å². The third-order valence-electron chi connectivity index (χ3n) is 3.08. The number of para-hydroxylation sites is 1. The van der Waals surface area contributed by atoms with Crippen LogP contribution >= 0.6 is 0 Å².